The Balaban J connectivity index is 1.75. The Labute approximate surface area is 192 Å². The Morgan fingerprint density at radius 3 is 2.36 bits per heavy atom. The Morgan fingerprint density at radius 2 is 1.64 bits per heavy atom. The fraction of sp³-hybridized carbons (Fsp3) is 0.240. The van der Waals surface area contributed by atoms with Crippen LogP contribution >= 0.6 is 0 Å². The summed E-state index contributed by atoms with van der Waals surface area (Å²) in [5.41, 5.74) is 11.5. The molecule has 4 aromatic rings. The van der Waals surface area contributed by atoms with Crippen LogP contribution in [0, 0.1) is 0 Å². The number of morpholine rings is 1. The molecule has 3 heterocycles. The molecule has 2 aromatic heterocycles. The average Bonchev–Trinajstić information content (AvgIpc) is 2.88. The molecule has 2 aromatic carbocycles. The molecule has 0 aliphatic carbocycles. The van der Waals surface area contributed by atoms with Crippen molar-refractivity contribution in [1.82, 2.24) is 15.0 Å². The zero-order valence-corrected chi connectivity index (χ0v) is 18.6. The van der Waals surface area contributed by atoms with Crippen LogP contribution in [0.2, 0.25) is 0 Å². The minimum Gasteiger partial charge on any atom is -0.497 e. The van der Waals surface area contributed by atoms with Crippen molar-refractivity contribution in [3.8, 4) is 33.9 Å². The molecule has 1 aliphatic rings. The number of aromatic nitrogens is 3. The molecular weight excluding hydrogens is 418 g/mol. The van der Waals surface area contributed by atoms with Gasteiger partial charge in [0.1, 0.15) is 23.6 Å². The van der Waals surface area contributed by atoms with Crippen molar-refractivity contribution in [1.29, 1.82) is 0 Å². The van der Waals surface area contributed by atoms with Gasteiger partial charge in [-0.2, -0.15) is 0 Å². The fourth-order valence-electron chi connectivity index (χ4n) is 4.19. The Bertz CT molecular complexity index is 1280. The van der Waals surface area contributed by atoms with Crippen LogP contribution in [0.4, 0.5) is 11.5 Å². The maximum Gasteiger partial charge on any atom is 0.165 e. The first-order valence-corrected chi connectivity index (χ1v) is 10.7. The van der Waals surface area contributed by atoms with Gasteiger partial charge in [0.05, 0.1) is 38.5 Å². The van der Waals surface area contributed by atoms with E-state index in [1.165, 1.54) is 6.33 Å². The van der Waals surface area contributed by atoms with Gasteiger partial charge in [0.2, 0.25) is 0 Å². The lowest BCUT2D eigenvalue weighted by Crippen LogP contribution is -2.36. The maximum absolute atomic E-state index is 6.30. The van der Waals surface area contributed by atoms with Crippen molar-refractivity contribution in [2.45, 2.75) is 0 Å². The molecule has 0 saturated carbocycles. The van der Waals surface area contributed by atoms with Gasteiger partial charge >= 0.3 is 0 Å². The molecule has 8 nitrogen and oxygen atoms in total. The van der Waals surface area contributed by atoms with Crippen LogP contribution in [0.25, 0.3) is 33.4 Å². The number of nitrogens with two attached hydrogens (primary N) is 1. The first kappa shape index (κ1) is 21.0. The normalized spacial score (nSPS) is 13.8. The van der Waals surface area contributed by atoms with E-state index >= 15 is 0 Å². The third-order valence-corrected chi connectivity index (χ3v) is 5.83. The highest BCUT2D eigenvalue weighted by Crippen LogP contribution is 2.39. The predicted molar refractivity (Wildman–Crippen MR) is 129 cm³/mol. The van der Waals surface area contributed by atoms with E-state index in [2.05, 4.69) is 27.0 Å². The third kappa shape index (κ3) is 4.01. The number of anilines is 2. The quantitative estimate of drug-likeness (QED) is 0.498. The van der Waals surface area contributed by atoms with E-state index in [0.29, 0.717) is 41.6 Å². The van der Waals surface area contributed by atoms with Gasteiger partial charge in [-0.3, -0.25) is 0 Å². The van der Waals surface area contributed by atoms with Crippen LogP contribution in [0.5, 0.6) is 11.5 Å². The molecule has 1 fully saturated rings. The van der Waals surface area contributed by atoms with E-state index in [0.717, 1.165) is 41.2 Å². The molecular formula is C25H25N5O3. The van der Waals surface area contributed by atoms with Crippen molar-refractivity contribution in [2.75, 3.05) is 51.2 Å². The molecule has 2 N–H and O–H groups in total. The zero-order chi connectivity index (χ0) is 22.8. The molecule has 33 heavy (non-hydrogen) atoms. The number of fused-ring (bicyclic) bond motifs is 1. The molecule has 0 unspecified atom stereocenters. The SMILES string of the molecule is COc1cc(OC)cc(-c2cc(-c3ccccc3N3CCOCC3)nc3ncnc(N)c23)c1. The van der Waals surface area contributed by atoms with Crippen molar-refractivity contribution in [3.63, 3.8) is 0 Å². The van der Waals surface area contributed by atoms with Gasteiger partial charge < -0.3 is 24.8 Å². The zero-order valence-electron chi connectivity index (χ0n) is 18.6. The lowest BCUT2D eigenvalue weighted by atomic mass is 9.98. The molecule has 1 aliphatic heterocycles. The molecule has 168 valence electrons. The van der Waals surface area contributed by atoms with Crippen LogP contribution in [0.3, 0.4) is 0 Å². The highest BCUT2D eigenvalue weighted by Gasteiger charge is 2.19. The number of rotatable bonds is 5. The summed E-state index contributed by atoms with van der Waals surface area (Å²) >= 11 is 0. The Morgan fingerprint density at radius 1 is 0.909 bits per heavy atom. The number of methoxy groups -OCH3 is 2. The molecule has 0 amide bonds. The number of nitrogen functional groups attached to an aromatic ring is 1. The monoisotopic (exact) mass is 443 g/mol. The van der Waals surface area contributed by atoms with Gasteiger partial charge in [0.25, 0.3) is 0 Å². The van der Waals surface area contributed by atoms with Crippen LogP contribution in [-0.2, 0) is 4.74 Å². The highest BCUT2D eigenvalue weighted by atomic mass is 16.5. The summed E-state index contributed by atoms with van der Waals surface area (Å²) in [6.07, 6.45) is 1.44. The maximum atomic E-state index is 6.30. The largest absolute Gasteiger partial charge is 0.497 e. The highest BCUT2D eigenvalue weighted by molar-refractivity contribution is 6.01. The van der Waals surface area contributed by atoms with E-state index in [4.69, 9.17) is 24.9 Å². The van der Waals surface area contributed by atoms with Gasteiger partial charge in [0.15, 0.2) is 5.65 Å². The molecule has 0 radical (unpaired) electrons. The van der Waals surface area contributed by atoms with Crippen molar-refractivity contribution < 1.29 is 14.2 Å². The minimum atomic E-state index is 0.373. The summed E-state index contributed by atoms with van der Waals surface area (Å²) in [4.78, 5) is 15.9. The molecule has 5 rings (SSSR count). The summed E-state index contributed by atoms with van der Waals surface area (Å²) in [6.45, 7) is 3.08. The summed E-state index contributed by atoms with van der Waals surface area (Å²) in [7, 11) is 3.26. The second kappa shape index (κ2) is 8.91. The van der Waals surface area contributed by atoms with Crippen molar-refractivity contribution in [3.05, 3.63) is 54.9 Å². The summed E-state index contributed by atoms with van der Waals surface area (Å²) in [5.74, 6) is 1.73. The minimum absolute atomic E-state index is 0.373. The fourth-order valence-corrected chi connectivity index (χ4v) is 4.19. The molecule has 0 spiro atoms. The van der Waals surface area contributed by atoms with Crippen LogP contribution in [0.1, 0.15) is 0 Å². The third-order valence-electron chi connectivity index (χ3n) is 5.83. The molecule has 0 atom stereocenters. The summed E-state index contributed by atoms with van der Waals surface area (Å²) in [5, 5.41) is 0.695. The average molecular weight is 444 g/mol. The van der Waals surface area contributed by atoms with Gasteiger partial charge in [-0.05, 0) is 35.4 Å². The number of hydrogen-bond acceptors (Lipinski definition) is 8. The summed E-state index contributed by atoms with van der Waals surface area (Å²) < 4.78 is 16.5. The van der Waals surface area contributed by atoms with Crippen molar-refractivity contribution >= 4 is 22.5 Å². The van der Waals surface area contributed by atoms with E-state index < -0.39 is 0 Å². The van der Waals surface area contributed by atoms with Crippen LogP contribution in [0.15, 0.2) is 54.9 Å². The van der Waals surface area contributed by atoms with E-state index in [9.17, 15) is 0 Å². The molecule has 0 bridgehead atoms. The second-order valence-electron chi connectivity index (χ2n) is 7.73. The number of pyridine rings is 1. The topological polar surface area (TPSA) is 95.6 Å². The predicted octanol–water partition coefficient (Wildman–Crippen LogP) is 3.79. The Hall–Kier alpha value is -3.91. The van der Waals surface area contributed by atoms with Gasteiger partial charge in [-0.1, -0.05) is 18.2 Å². The van der Waals surface area contributed by atoms with E-state index in [-0.39, 0.29) is 0 Å². The first-order valence-electron chi connectivity index (χ1n) is 10.7. The number of nitrogens with zero attached hydrogens (tertiary/aromatic N) is 4. The number of benzene rings is 2. The van der Waals surface area contributed by atoms with E-state index in [1.54, 1.807) is 14.2 Å². The molecule has 8 heteroatoms. The molecule has 1 saturated heterocycles. The number of hydrogen-bond donors (Lipinski definition) is 1. The van der Waals surface area contributed by atoms with Crippen LogP contribution in [-0.4, -0.2) is 55.5 Å². The van der Waals surface area contributed by atoms with Crippen molar-refractivity contribution in [2.24, 2.45) is 0 Å². The second-order valence-corrected chi connectivity index (χ2v) is 7.73. The number of para-hydroxylation sites is 1. The Kier molecular flexibility index (Phi) is 5.66. The number of ether oxygens (including phenoxy) is 3. The standard InChI is InChI=1S/C25H25N5O3/c1-31-17-11-16(12-18(13-17)32-2)20-14-21(29-25-23(20)24(26)27-15-28-25)19-5-3-4-6-22(19)30-7-9-33-10-8-30/h3-6,11-15H,7-10H2,1-2H3,(H2,26,27,28,29). The van der Waals surface area contributed by atoms with E-state index in [1.807, 2.05) is 36.4 Å². The van der Waals surface area contributed by atoms with Crippen LogP contribution < -0.4 is 20.1 Å². The lowest BCUT2D eigenvalue weighted by Gasteiger charge is -2.30. The van der Waals surface area contributed by atoms with Gasteiger partial charge in [0, 0.05) is 30.4 Å². The van der Waals surface area contributed by atoms with Gasteiger partial charge in [-0.25, -0.2) is 15.0 Å². The van der Waals surface area contributed by atoms with Gasteiger partial charge in [-0.15, -0.1) is 0 Å². The smallest absolute Gasteiger partial charge is 0.165 e. The lowest BCUT2D eigenvalue weighted by molar-refractivity contribution is 0.123. The summed E-state index contributed by atoms with van der Waals surface area (Å²) in [6, 6.07) is 16.0. The first-order chi connectivity index (χ1) is 16.2.